The van der Waals surface area contributed by atoms with Gasteiger partial charge in [0.05, 0.1) is 35.3 Å². The minimum Gasteiger partial charge on any atom is -0.375 e. The van der Waals surface area contributed by atoms with Gasteiger partial charge < -0.3 is 5.32 Å². The molecular weight excluding hydrogens is 248 g/mol. The fourth-order valence-electron chi connectivity index (χ4n) is 1.65. The predicted molar refractivity (Wildman–Crippen MR) is 67.3 cm³/mol. The van der Waals surface area contributed by atoms with Crippen LogP contribution in [0.4, 0.5) is 14.5 Å². The molecule has 0 amide bonds. The van der Waals surface area contributed by atoms with E-state index in [1.54, 1.807) is 6.92 Å². The van der Waals surface area contributed by atoms with Crippen molar-refractivity contribution in [2.24, 2.45) is 0 Å². The van der Waals surface area contributed by atoms with Gasteiger partial charge in [-0.2, -0.15) is 5.26 Å². The van der Waals surface area contributed by atoms with Gasteiger partial charge in [-0.1, -0.05) is 0 Å². The van der Waals surface area contributed by atoms with Crippen LogP contribution in [0.3, 0.4) is 0 Å². The molecule has 1 unspecified atom stereocenters. The maximum atomic E-state index is 13.7. The van der Waals surface area contributed by atoms with E-state index in [1.165, 1.54) is 24.3 Å². The van der Waals surface area contributed by atoms with E-state index in [-0.39, 0.29) is 17.3 Å². The van der Waals surface area contributed by atoms with Crippen molar-refractivity contribution in [3.8, 4) is 6.07 Å². The highest BCUT2D eigenvalue weighted by atomic mass is 19.1. The fourth-order valence-corrected chi connectivity index (χ4v) is 1.65. The number of benzene rings is 1. The van der Waals surface area contributed by atoms with Crippen LogP contribution in [0.25, 0.3) is 0 Å². The first-order valence-electron chi connectivity index (χ1n) is 5.68. The molecular formula is C14H11F2N3. The maximum absolute atomic E-state index is 13.7. The molecule has 1 aromatic carbocycles. The number of hydrogen-bond donors (Lipinski definition) is 1. The number of nitrogens with zero attached hydrogens (tertiary/aromatic N) is 2. The number of anilines is 1. The van der Waals surface area contributed by atoms with Crippen molar-refractivity contribution >= 4 is 5.69 Å². The predicted octanol–water partition coefficient (Wildman–Crippen LogP) is 3.40. The summed E-state index contributed by atoms with van der Waals surface area (Å²) in [6.07, 6.45) is 1.11. The molecule has 19 heavy (non-hydrogen) atoms. The average molecular weight is 259 g/mol. The largest absolute Gasteiger partial charge is 0.375 e. The molecule has 0 saturated heterocycles. The van der Waals surface area contributed by atoms with Crippen LogP contribution < -0.4 is 5.32 Å². The van der Waals surface area contributed by atoms with E-state index < -0.39 is 11.6 Å². The van der Waals surface area contributed by atoms with Crippen LogP contribution in [-0.4, -0.2) is 4.98 Å². The molecule has 0 aliphatic rings. The standard InChI is InChI=1S/C14H11F2N3/c1-9(13-5-3-11(15)8-18-13)19-14-4-2-10(7-17)6-12(14)16/h2-6,8-9,19H,1H3. The zero-order valence-corrected chi connectivity index (χ0v) is 10.2. The van der Waals surface area contributed by atoms with Crippen LogP contribution in [0.2, 0.25) is 0 Å². The summed E-state index contributed by atoms with van der Waals surface area (Å²) >= 11 is 0. The Hall–Kier alpha value is -2.48. The van der Waals surface area contributed by atoms with Gasteiger partial charge in [-0.15, -0.1) is 0 Å². The number of halogens is 2. The molecule has 0 fully saturated rings. The number of nitrogens with one attached hydrogen (secondary N) is 1. The molecule has 1 atom stereocenters. The highest BCUT2D eigenvalue weighted by Crippen LogP contribution is 2.21. The third-order valence-corrected chi connectivity index (χ3v) is 2.66. The van der Waals surface area contributed by atoms with Crippen molar-refractivity contribution in [1.82, 2.24) is 4.98 Å². The van der Waals surface area contributed by atoms with Gasteiger partial charge in [0.2, 0.25) is 0 Å². The van der Waals surface area contributed by atoms with Crippen molar-refractivity contribution in [2.75, 3.05) is 5.32 Å². The third-order valence-electron chi connectivity index (χ3n) is 2.66. The summed E-state index contributed by atoms with van der Waals surface area (Å²) in [5.74, 6) is -0.923. The summed E-state index contributed by atoms with van der Waals surface area (Å²) in [4.78, 5) is 3.93. The summed E-state index contributed by atoms with van der Waals surface area (Å²) in [6.45, 7) is 1.79. The minimum absolute atomic E-state index is 0.260. The van der Waals surface area contributed by atoms with E-state index in [0.717, 1.165) is 12.3 Å². The lowest BCUT2D eigenvalue weighted by atomic mass is 10.1. The highest BCUT2D eigenvalue weighted by Gasteiger charge is 2.10. The Balaban J connectivity index is 2.17. The van der Waals surface area contributed by atoms with E-state index in [9.17, 15) is 8.78 Å². The van der Waals surface area contributed by atoms with Gasteiger partial charge >= 0.3 is 0 Å². The molecule has 0 radical (unpaired) electrons. The van der Waals surface area contributed by atoms with Gasteiger partial charge in [0.25, 0.3) is 0 Å². The molecule has 1 aromatic heterocycles. The number of aromatic nitrogens is 1. The van der Waals surface area contributed by atoms with Crippen molar-refractivity contribution < 1.29 is 8.78 Å². The molecule has 1 N–H and O–H groups in total. The average Bonchev–Trinajstić information content (AvgIpc) is 2.41. The third kappa shape index (κ3) is 3.05. The van der Waals surface area contributed by atoms with Gasteiger partial charge in [-0.25, -0.2) is 8.78 Å². The smallest absolute Gasteiger partial charge is 0.147 e. The SMILES string of the molecule is CC(Nc1ccc(C#N)cc1F)c1ccc(F)cn1. The first-order valence-corrected chi connectivity index (χ1v) is 5.68. The van der Waals surface area contributed by atoms with Crippen molar-refractivity contribution in [3.05, 3.63) is 59.4 Å². The lowest BCUT2D eigenvalue weighted by molar-refractivity contribution is 0.615. The lowest BCUT2D eigenvalue weighted by Crippen LogP contribution is -2.09. The first-order chi connectivity index (χ1) is 9.10. The Morgan fingerprint density at radius 2 is 2.05 bits per heavy atom. The molecule has 0 saturated carbocycles. The van der Waals surface area contributed by atoms with Gasteiger partial charge in [0, 0.05) is 0 Å². The minimum atomic E-state index is -0.506. The fraction of sp³-hybridized carbons (Fsp3) is 0.143. The second kappa shape index (κ2) is 5.44. The van der Waals surface area contributed by atoms with Crippen LogP contribution in [0.15, 0.2) is 36.5 Å². The summed E-state index contributed by atoms with van der Waals surface area (Å²) in [7, 11) is 0. The summed E-state index contributed by atoms with van der Waals surface area (Å²) in [5.41, 5.74) is 1.14. The van der Waals surface area contributed by atoms with Crippen molar-refractivity contribution in [3.63, 3.8) is 0 Å². The monoisotopic (exact) mass is 259 g/mol. The van der Waals surface area contributed by atoms with Crippen LogP contribution in [-0.2, 0) is 0 Å². The van der Waals surface area contributed by atoms with Crippen molar-refractivity contribution in [1.29, 1.82) is 5.26 Å². The Labute approximate surface area is 109 Å². The zero-order chi connectivity index (χ0) is 13.8. The molecule has 3 nitrogen and oxygen atoms in total. The zero-order valence-electron chi connectivity index (χ0n) is 10.2. The summed E-state index contributed by atoms with van der Waals surface area (Å²) < 4.78 is 26.4. The van der Waals surface area contributed by atoms with E-state index in [2.05, 4.69) is 10.3 Å². The van der Waals surface area contributed by atoms with Crippen molar-refractivity contribution in [2.45, 2.75) is 13.0 Å². The Kier molecular flexibility index (Phi) is 3.71. The lowest BCUT2D eigenvalue weighted by Gasteiger charge is -2.15. The van der Waals surface area contributed by atoms with Gasteiger partial charge in [0.15, 0.2) is 0 Å². The highest BCUT2D eigenvalue weighted by molar-refractivity contribution is 5.49. The molecule has 0 aliphatic heterocycles. The quantitative estimate of drug-likeness (QED) is 0.918. The summed E-state index contributed by atoms with van der Waals surface area (Å²) in [6, 6.07) is 8.60. The molecule has 1 heterocycles. The number of pyridine rings is 1. The second-order valence-electron chi connectivity index (χ2n) is 4.07. The van der Waals surface area contributed by atoms with E-state index in [4.69, 9.17) is 5.26 Å². The molecule has 2 aromatic rings. The van der Waals surface area contributed by atoms with Crippen LogP contribution in [0, 0.1) is 23.0 Å². The molecule has 0 spiro atoms. The van der Waals surface area contributed by atoms with Gasteiger partial charge in [0.1, 0.15) is 11.6 Å². The van der Waals surface area contributed by atoms with E-state index in [1.807, 2.05) is 6.07 Å². The molecule has 96 valence electrons. The molecule has 2 rings (SSSR count). The number of hydrogen-bond acceptors (Lipinski definition) is 3. The Morgan fingerprint density at radius 3 is 2.63 bits per heavy atom. The molecule has 0 bridgehead atoms. The van der Waals surface area contributed by atoms with Crippen LogP contribution in [0.5, 0.6) is 0 Å². The second-order valence-corrected chi connectivity index (χ2v) is 4.07. The van der Waals surface area contributed by atoms with Crippen LogP contribution in [0.1, 0.15) is 24.2 Å². The van der Waals surface area contributed by atoms with E-state index >= 15 is 0 Å². The van der Waals surface area contributed by atoms with Crippen LogP contribution >= 0.6 is 0 Å². The van der Waals surface area contributed by atoms with Gasteiger partial charge in [-0.05, 0) is 37.3 Å². The summed E-state index contributed by atoms with van der Waals surface area (Å²) in [5, 5.41) is 11.6. The number of rotatable bonds is 3. The topological polar surface area (TPSA) is 48.7 Å². The van der Waals surface area contributed by atoms with Gasteiger partial charge in [-0.3, -0.25) is 4.98 Å². The van der Waals surface area contributed by atoms with E-state index in [0.29, 0.717) is 5.69 Å². The maximum Gasteiger partial charge on any atom is 0.147 e. The first kappa shape index (κ1) is 13.0. The number of nitriles is 1. The molecule has 5 heteroatoms. The molecule has 0 aliphatic carbocycles. The Bertz CT molecular complexity index is 618. The normalized spacial score (nSPS) is 11.7. The Morgan fingerprint density at radius 1 is 1.26 bits per heavy atom.